The van der Waals surface area contributed by atoms with Gasteiger partial charge in [-0.15, -0.1) is 0 Å². The van der Waals surface area contributed by atoms with E-state index in [0.29, 0.717) is 22.7 Å². The number of nitrogens with one attached hydrogen (secondary N) is 1. The minimum atomic E-state index is -0.421. The number of nitrogens with two attached hydrogens (primary N) is 1. The van der Waals surface area contributed by atoms with E-state index in [0.717, 1.165) is 31.7 Å². The first kappa shape index (κ1) is 18.1. The molecule has 0 amide bonds. The Balaban J connectivity index is 1.66. The number of nitrogens with zero attached hydrogens (tertiary/aromatic N) is 2. The van der Waals surface area contributed by atoms with Crippen LogP contribution < -0.4 is 20.6 Å². The van der Waals surface area contributed by atoms with Crippen LogP contribution in [0.1, 0.15) is 0 Å². The van der Waals surface area contributed by atoms with Crippen molar-refractivity contribution >= 4 is 5.69 Å². The number of quaternary nitrogens is 1. The molecule has 2 aromatic carbocycles. The zero-order valence-electron chi connectivity index (χ0n) is 15.7. The molecule has 1 fully saturated rings. The summed E-state index contributed by atoms with van der Waals surface area (Å²) in [5.74, 6) is 0.381. The predicted octanol–water partition coefficient (Wildman–Crippen LogP) is 1.20. The summed E-state index contributed by atoms with van der Waals surface area (Å²) in [6.07, 6.45) is 0. The molecule has 0 atom stereocenters. The quantitative estimate of drug-likeness (QED) is 0.633. The zero-order valence-corrected chi connectivity index (χ0v) is 15.7. The van der Waals surface area contributed by atoms with Crippen LogP contribution in [0, 0.1) is 0 Å². The molecular weight excluding hydrogens is 356 g/mol. The maximum atomic E-state index is 12.1. The Labute approximate surface area is 162 Å². The Morgan fingerprint density at radius 1 is 1.07 bits per heavy atom. The topological polar surface area (TPSA) is 95.1 Å². The Bertz CT molecular complexity index is 1020. The van der Waals surface area contributed by atoms with Gasteiger partial charge in [0.15, 0.2) is 11.5 Å². The Morgan fingerprint density at radius 3 is 2.50 bits per heavy atom. The van der Waals surface area contributed by atoms with Crippen LogP contribution in [-0.4, -0.2) is 48.4 Å². The number of aromatic amines is 1. The van der Waals surface area contributed by atoms with E-state index in [-0.39, 0.29) is 5.75 Å². The fourth-order valence-electron chi connectivity index (χ4n) is 3.46. The second-order valence-corrected chi connectivity index (χ2v) is 6.77. The second kappa shape index (κ2) is 7.74. The van der Waals surface area contributed by atoms with Crippen LogP contribution in [0.2, 0.25) is 0 Å². The van der Waals surface area contributed by atoms with Gasteiger partial charge in [-0.25, -0.2) is 4.79 Å². The van der Waals surface area contributed by atoms with E-state index in [1.165, 1.54) is 18.9 Å². The summed E-state index contributed by atoms with van der Waals surface area (Å²) in [6, 6.07) is 14.9. The first-order valence-corrected chi connectivity index (χ1v) is 9.30. The van der Waals surface area contributed by atoms with Crippen LogP contribution in [0.15, 0.2) is 53.3 Å². The highest BCUT2D eigenvalue weighted by atomic mass is 16.5. The largest absolute Gasteiger partial charge is 0.504 e. The second-order valence-electron chi connectivity index (χ2n) is 6.77. The minimum absolute atomic E-state index is 0.0437. The highest BCUT2D eigenvalue weighted by Crippen LogP contribution is 2.31. The van der Waals surface area contributed by atoms with Gasteiger partial charge in [-0.05, 0) is 42.0 Å². The number of phenols is 1. The van der Waals surface area contributed by atoms with E-state index in [1.807, 2.05) is 18.2 Å². The normalized spacial score (nSPS) is 14.1. The fourth-order valence-corrected chi connectivity index (χ4v) is 3.46. The lowest BCUT2D eigenvalue weighted by Crippen LogP contribution is -2.89. The number of anilines is 1. The van der Waals surface area contributed by atoms with Crippen LogP contribution in [0.4, 0.5) is 5.69 Å². The summed E-state index contributed by atoms with van der Waals surface area (Å²) in [5.41, 5.74) is 3.60. The number of hydrogen-bond donors (Lipinski definition) is 3. The molecule has 1 aliphatic rings. The predicted molar refractivity (Wildman–Crippen MR) is 108 cm³/mol. The van der Waals surface area contributed by atoms with Crippen molar-refractivity contribution in [2.45, 2.75) is 0 Å². The molecule has 7 heteroatoms. The number of phenolic OH excluding ortho intramolecular Hbond substituents is 1. The summed E-state index contributed by atoms with van der Waals surface area (Å²) in [6.45, 7) is 4.30. The first-order valence-electron chi connectivity index (χ1n) is 9.30. The molecule has 0 aliphatic carbocycles. The van der Waals surface area contributed by atoms with Crippen LogP contribution in [0.3, 0.4) is 0 Å². The number of rotatable bonds is 4. The molecule has 4 N–H and O–H groups in total. The highest BCUT2D eigenvalue weighted by molar-refractivity contribution is 5.70. The number of aromatic hydroxyl groups is 1. The third kappa shape index (κ3) is 3.70. The van der Waals surface area contributed by atoms with Crippen LogP contribution in [-0.2, 0) is 0 Å². The number of piperazine rings is 1. The van der Waals surface area contributed by atoms with Gasteiger partial charge in [-0.3, -0.25) is 0 Å². The average molecular weight is 379 g/mol. The van der Waals surface area contributed by atoms with Crippen molar-refractivity contribution in [1.29, 1.82) is 0 Å². The third-order valence-corrected chi connectivity index (χ3v) is 4.97. The van der Waals surface area contributed by atoms with Gasteiger partial charge >= 0.3 is 5.69 Å². The average Bonchev–Trinajstić information content (AvgIpc) is 2.74. The molecule has 1 aromatic heterocycles. The molecule has 0 unspecified atom stereocenters. The molecule has 4 rings (SSSR count). The molecule has 1 saturated heterocycles. The van der Waals surface area contributed by atoms with Gasteiger partial charge in [0.25, 0.3) is 0 Å². The van der Waals surface area contributed by atoms with Gasteiger partial charge in [0.05, 0.1) is 44.7 Å². The van der Waals surface area contributed by atoms with Crippen molar-refractivity contribution in [1.82, 2.24) is 9.97 Å². The molecule has 0 spiro atoms. The SMILES string of the molecule is COc1cc(-c2cc(-c3ccc(N4CC[NH2+]CC4)cc3)[nH]c(=O)n2)ccc1O. The summed E-state index contributed by atoms with van der Waals surface area (Å²) in [4.78, 5) is 21.4. The maximum Gasteiger partial charge on any atom is 0.345 e. The number of ether oxygens (including phenoxy) is 1. The molecule has 3 aromatic rings. The van der Waals surface area contributed by atoms with Gasteiger partial charge in [-0.1, -0.05) is 12.1 Å². The van der Waals surface area contributed by atoms with E-state index >= 15 is 0 Å². The standard InChI is InChI=1S/C21H22N4O3/c1-28-20-12-15(4-7-19(20)26)18-13-17(23-21(27)24-18)14-2-5-16(6-3-14)25-10-8-22-9-11-25/h2-7,12-13,22,26H,8-11H2,1H3,(H,23,24,27)/p+1. The lowest BCUT2D eigenvalue weighted by atomic mass is 10.1. The number of H-pyrrole nitrogens is 1. The van der Waals surface area contributed by atoms with Gasteiger partial charge in [-0.2, -0.15) is 4.98 Å². The Hall–Kier alpha value is -3.32. The van der Waals surface area contributed by atoms with E-state index in [2.05, 4.69) is 32.3 Å². The van der Waals surface area contributed by atoms with Crippen molar-refractivity contribution in [3.05, 3.63) is 59.0 Å². The van der Waals surface area contributed by atoms with Crippen LogP contribution >= 0.6 is 0 Å². The van der Waals surface area contributed by atoms with E-state index < -0.39 is 5.69 Å². The smallest absolute Gasteiger partial charge is 0.345 e. The molecular formula is C21H23N4O3+. The van der Waals surface area contributed by atoms with Gasteiger partial charge < -0.3 is 25.0 Å². The molecule has 0 bridgehead atoms. The van der Waals surface area contributed by atoms with E-state index in [4.69, 9.17) is 4.74 Å². The van der Waals surface area contributed by atoms with Crippen LogP contribution in [0.5, 0.6) is 11.5 Å². The zero-order chi connectivity index (χ0) is 19.5. The number of benzene rings is 2. The molecule has 144 valence electrons. The molecule has 0 saturated carbocycles. The fraction of sp³-hybridized carbons (Fsp3) is 0.238. The molecule has 1 aliphatic heterocycles. The van der Waals surface area contributed by atoms with Crippen molar-refractivity contribution < 1.29 is 15.2 Å². The van der Waals surface area contributed by atoms with Gasteiger partial charge in [0.1, 0.15) is 0 Å². The third-order valence-electron chi connectivity index (χ3n) is 4.97. The molecule has 0 radical (unpaired) electrons. The monoisotopic (exact) mass is 379 g/mol. The Kier molecular flexibility index (Phi) is 4.99. The van der Waals surface area contributed by atoms with Crippen molar-refractivity contribution in [2.75, 3.05) is 38.2 Å². The van der Waals surface area contributed by atoms with E-state index in [9.17, 15) is 9.90 Å². The lowest BCUT2D eigenvalue weighted by molar-refractivity contribution is -0.655. The molecule has 2 heterocycles. The summed E-state index contributed by atoms with van der Waals surface area (Å²) < 4.78 is 5.15. The lowest BCUT2D eigenvalue weighted by Gasteiger charge is -2.27. The van der Waals surface area contributed by atoms with Crippen LogP contribution in [0.25, 0.3) is 22.5 Å². The summed E-state index contributed by atoms with van der Waals surface area (Å²) in [5, 5.41) is 12.1. The number of methoxy groups -OCH3 is 1. The first-order chi connectivity index (χ1) is 13.6. The highest BCUT2D eigenvalue weighted by Gasteiger charge is 2.13. The Morgan fingerprint density at radius 2 is 1.79 bits per heavy atom. The number of aromatic nitrogens is 2. The van der Waals surface area contributed by atoms with Gasteiger partial charge in [0, 0.05) is 11.3 Å². The molecule has 28 heavy (non-hydrogen) atoms. The molecule has 7 nitrogen and oxygen atoms in total. The number of hydrogen-bond acceptors (Lipinski definition) is 5. The van der Waals surface area contributed by atoms with Crippen molar-refractivity contribution in [3.8, 4) is 34.0 Å². The summed E-state index contributed by atoms with van der Waals surface area (Å²) >= 11 is 0. The van der Waals surface area contributed by atoms with Crippen molar-refractivity contribution in [3.63, 3.8) is 0 Å². The maximum absolute atomic E-state index is 12.1. The van der Waals surface area contributed by atoms with E-state index in [1.54, 1.807) is 12.1 Å². The summed E-state index contributed by atoms with van der Waals surface area (Å²) in [7, 11) is 1.48. The van der Waals surface area contributed by atoms with Gasteiger partial charge in [0.2, 0.25) is 0 Å². The minimum Gasteiger partial charge on any atom is -0.504 e. The van der Waals surface area contributed by atoms with Crippen molar-refractivity contribution in [2.24, 2.45) is 0 Å².